The molecule has 0 saturated carbocycles. The van der Waals surface area contributed by atoms with Gasteiger partial charge < -0.3 is 24.7 Å². The van der Waals surface area contributed by atoms with Crippen LogP contribution < -0.4 is 15.2 Å². The number of benzene rings is 2. The SMILES string of the molecule is COc1cc2c(cc1OC)CN(C(=O)[C@H](Cc1ccccc1)n1cccc1)[C@H](C(N)=O)C2. The van der Waals surface area contributed by atoms with Crippen LogP contribution in [0.1, 0.15) is 22.7 Å². The smallest absolute Gasteiger partial charge is 0.246 e. The molecule has 1 aliphatic heterocycles. The number of rotatable bonds is 7. The molecule has 2 amide bonds. The van der Waals surface area contributed by atoms with Crippen LogP contribution in [0.2, 0.25) is 0 Å². The number of nitrogens with zero attached hydrogens (tertiary/aromatic N) is 2. The van der Waals surface area contributed by atoms with Crippen LogP contribution in [0, 0.1) is 0 Å². The average Bonchev–Trinajstić information content (AvgIpc) is 3.35. The lowest BCUT2D eigenvalue weighted by Gasteiger charge is -2.37. The maximum absolute atomic E-state index is 13.8. The monoisotopic (exact) mass is 433 g/mol. The fourth-order valence-electron chi connectivity index (χ4n) is 4.30. The van der Waals surface area contributed by atoms with E-state index in [2.05, 4.69) is 0 Å². The van der Waals surface area contributed by atoms with E-state index in [9.17, 15) is 9.59 Å². The van der Waals surface area contributed by atoms with Crippen molar-refractivity contribution >= 4 is 11.8 Å². The molecule has 2 heterocycles. The molecule has 1 aliphatic rings. The van der Waals surface area contributed by atoms with E-state index in [-0.39, 0.29) is 12.5 Å². The Hall–Kier alpha value is -3.74. The van der Waals surface area contributed by atoms with Gasteiger partial charge in [0.2, 0.25) is 11.8 Å². The Morgan fingerprint density at radius 3 is 2.22 bits per heavy atom. The first-order valence-corrected chi connectivity index (χ1v) is 10.5. The molecule has 32 heavy (non-hydrogen) atoms. The Labute approximate surface area is 187 Å². The number of nitrogens with two attached hydrogens (primary N) is 1. The molecule has 0 saturated heterocycles. The number of carbonyl (C=O) groups excluding carboxylic acids is 2. The minimum Gasteiger partial charge on any atom is -0.493 e. The van der Waals surface area contributed by atoms with Gasteiger partial charge in [0, 0.05) is 31.8 Å². The standard InChI is InChI=1S/C25H27N3O4/c1-31-22-14-18-13-20(24(26)29)28(16-19(18)15-23(22)32-2)25(30)21(27-10-6-7-11-27)12-17-8-4-3-5-9-17/h3-11,14-15,20-21H,12-13,16H2,1-2H3,(H2,26,29)/t20-,21-/m0/s1. The third-order valence-corrected chi connectivity index (χ3v) is 5.99. The van der Waals surface area contributed by atoms with Gasteiger partial charge in [-0.3, -0.25) is 9.59 Å². The molecule has 0 aliphatic carbocycles. The minimum absolute atomic E-state index is 0.144. The van der Waals surface area contributed by atoms with Crippen LogP contribution in [-0.2, 0) is 29.0 Å². The third-order valence-electron chi connectivity index (χ3n) is 5.99. The maximum atomic E-state index is 13.8. The minimum atomic E-state index is -0.734. The zero-order valence-electron chi connectivity index (χ0n) is 18.2. The number of hydrogen-bond acceptors (Lipinski definition) is 4. The van der Waals surface area contributed by atoms with Crippen molar-refractivity contribution in [2.45, 2.75) is 31.5 Å². The van der Waals surface area contributed by atoms with Gasteiger partial charge in [0.1, 0.15) is 12.1 Å². The largest absolute Gasteiger partial charge is 0.493 e. The van der Waals surface area contributed by atoms with Gasteiger partial charge in [-0.05, 0) is 41.0 Å². The van der Waals surface area contributed by atoms with Gasteiger partial charge in [-0.2, -0.15) is 0 Å². The summed E-state index contributed by atoms with van der Waals surface area (Å²) in [6.07, 6.45) is 4.59. The molecule has 2 N–H and O–H groups in total. The van der Waals surface area contributed by atoms with E-state index in [1.807, 2.05) is 71.6 Å². The zero-order valence-corrected chi connectivity index (χ0v) is 18.2. The van der Waals surface area contributed by atoms with Crippen LogP contribution in [0.3, 0.4) is 0 Å². The van der Waals surface area contributed by atoms with E-state index in [1.54, 1.807) is 19.1 Å². The molecular weight excluding hydrogens is 406 g/mol. The summed E-state index contributed by atoms with van der Waals surface area (Å²) in [5.41, 5.74) is 8.64. The van der Waals surface area contributed by atoms with Crippen molar-refractivity contribution in [1.29, 1.82) is 0 Å². The number of fused-ring (bicyclic) bond motifs is 1. The first kappa shape index (κ1) is 21.5. The zero-order chi connectivity index (χ0) is 22.7. The lowest BCUT2D eigenvalue weighted by atomic mass is 9.91. The molecule has 0 fully saturated rings. The van der Waals surface area contributed by atoms with E-state index < -0.39 is 18.0 Å². The molecule has 0 spiro atoms. The van der Waals surface area contributed by atoms with Crippen LogP contribution in [0.15, 0.2) is 67.0 Å². The molecule has 2 atom stereocenters. The van der Waals surface area contributed by atoms with E-state index in [4.69, 9.17) is 15.2 Å². The highest BCUT2D eigenvalue weighted by Crippen LogP contribution is 2.35. The highest BCUT2D eigenvalue weighted by atomic mass is 16.5. The number of hydrogen-bond donors (Lipinski definition) is 1. The average molecular weight is 434 g/mol. The van der Waals surface area contributed by atoms with E-state index in [0.29, 0.717) is 24.3 Å². The van der Waals surface area contributed by atoms with Crippen LogP contribution in [0.5, 0.6) is 11.5 Å². The van der Waals surface area contributed by atoms with Crippen molar-refractivity contribution < 1.29 is 19.1 Å². The maximum Gasteiger partial charge on any atom is 0.246 e. The summed E-state index contributed by atoms with van der Waals surface area (Å²) in [5.74, 6) is 0.505. The first-order valence-electron chi connectivity index (χ1n) is 10.5. The number of carbonyl (C=O) groups is 2. The van der Waals surface area contributed by atoms with Crippen molar-refractivity contribution in [2.75, 3.05) is 14.2 Å². The van der Waals surface area contributed by atoms with Gasteiger partial charge >= 0.3 is 0 Å². The second-order valence-electron chi connectivity index (χ2n) is 7.90. The van der Waals surface area contributed by atoms with Gasteiger partial charge in [0.05, 0.1) is 14.2 Å². The Kier molecular flexibility index (Phi) is 6.16. The quantitative estimate of drug-likeness (QED) is 0.621. The third kappa shape index (κ3) is 4.19. The molecule has 2 aromatic carbocycles. The second-order valence-corrected chi connectivity index (χ2v) is 7.90. The number of ether oxygens (including phenoxy) is 2. The lowest BCUT2D eigenvalue weighted by molar-refractivity contribution is -0.143. The molecule has 0 radical (unpaired) electrons. The van der Waals surface area contributed by atoms with Crippen molar-refractivity contribution in [3.63, 3.8) is 0 Å². The summed E-state index contributed by atoms with van der Waals surface area (Å²) in [4.78, 5) is 27.8. The summed E-state index contributed by atoms with van der Waals surface area (Å²) in [5, 5.41) is 0. The number of amides is 2. The molecular formula is C25H27N3O4. The van der Waals surface area contributed by atoms with Crippen LogP contribution >= 0.6 is 0 Å². The van der Waals surface area contributed by atoms with Gasteiger partial charge in [0.15, 0.2) is 11.5 Å². The Morgan fingerprint density at radius 1 is 1.00 bits per heavy atom. The molecule has 7 nitrogen and oxygen atoms in total. The molecule has 1 aromatic heterocycles. The summed E-state index contributed by atoms with van der Waals surface area (Å²) < 4.78 is 12.7. The summed E-state index contributed by atoms with van der Waals surface area (Å²) in [6, 6.07) is 16.1. The van der Waals surface area contributed by atoms with Crippen LogP contribution in [0.25, 0.3) is 0 Å². The number of primary amides is 1. The Balaban J connectivity index is 1.70. The molecule has 166 valence electrons. The molecule has 0 bridgehead atoms. The lowest BCUT2D eigenvalue weighted by Crippen LogP contribution is -2.53. The Morgan fingerprint density at radius 2 is 1.62 bits per heavy atom. The van der Waals surface area contributed by atoms with Gasteiger partial charge in [-0.1, -0.05) is 30.3 Å². The Bertz CT molecular complexity index is 1100. The molecule has 7 heteroatoms. The van der Waals surface area contributed by atoms with Crippen molar-refractivity contribution in [3.8, 4) is 11.5 Å². The normalized spacial score (nSPS) is 16.2. The molecule has 0 unspecified atom stereocenters. The van der Waals surface area contributed by atoms with Gasteiger partial charge in [-0.15, -0.1) is 0 Å². The molecule has 3 aromatic rings. The highest BCUT2D eigenvalue weighted by Gasteiger charge is 2.37. The summed E-state index contributed by atoms with van der Waals surface area (Å²) >= 11 is 0. The topological polar surface area (TPSA) is 86.8 Å². The van der Waals surface area contributed by atoms with Gasteiger partial charge in [0.25, 0.3) is 0 Å². The van der Waals surface area contributed by atoms with E-state index in [1.165, 1.54) is 0 Å². The summed E-state index contributed by atoms with van der Waals surface area (Å²) in [7, 11) is 3.14. The van der Waals surface area contributed by atoms with E-state index >= 15 is 0 Å². The van der Waals surface area contributed by atoms with Crippen molar-refractivity contribution in [1.82, 2.24) is 9.47 Å². The predicted molar refractivity (Wildman–Crippen MR) is 120 cm³/mol. The predicted octanol–water partition coefficient (Wildman–Crippen LogP) is 2.73. The van der Waals surface area contributed by atoms with Crippen molar-refractivity contribution in [3.05, 3.63) is 83.7 Å². The van der Waals surface area contributed by atoms with Crippen LogP contribution in [0.4, 0.5) is 0 Å². The second kappa shape index (κ2) is 9.18. The van der Waals surface area contributed by atoms with E-state index in [0.717, 1.165) is 16.7 Å². The fraction of sp³-hybridized carbons (Fsp3) is 0.280. The molecule has 4 rings (SSSR count). The number of aromatic nitrogens is 1. The summed E-state index contributed by atoms with van der Waals surface area (Å²) in [6.45, 7) is 0.273. The number of methoxy groups -OCH3 is 2. The fourth-order valence-corrected chi connectivity index (χ4v) is 4.30. The first-order chi connectivity index (χ1) is 15.5. The van der Waals surface area contributed by atoms with Gasteiger partial charge in [-0.25, -0.2) is 0 Å². The van der Waals surface area contributed by atoms with Crippen molar-refractivity contribution in [2.24, 2.45) is 5.73 Å². The highest BCUT2D eigenvalue weighted by molar-refractivity contribution is 5.89. The van der Waals surface area contributed by atoms with Crippen LogP contribution in [-0.4, -0.2) is 41.5 Å².